The van der Waals surface area contributed by atoms with E-state index < -0.39 is 0 Å². The molecule has 2 aromatic rings. The number of nitrogens with zero attached hydrogens (tertiary/aromatic N) is 3. The van der Waals surface area contributed by atoms with Crippen molar-refractivity contribution in [1.29, 1.82) is 0 Å². The summed E-state index contributed by atoms with van der Waals surface area (Å²) in [6, 6.07) is 15.0. The smallest absolute Gasteiger partial charge is 0.258 e. The Balaban J connectivity index is 1.74. The second-order valence-electron chi connectivity index (χ2n) is 7.06. The van der Waals surface area contributed by atoms with Crippen molar-refractivity contribution in [1.82, 2.24) is 9.80 Å². The molecule has 0 bridgehead atoms. The molecule has 1 aliphatic heterocycles. The lowest BCUT2D eigenvalue weighted by atomic mass is 10.1. The third-order valence-corrected chi connectivity index (χ3v) is 5.04. The molecule has 5 nitrogen and oxygen atoms in total. The van der Waals surface area contributed by atoms with Crippen LogP contribution in [0.5, 0.6) is 0 Å². The maximum Gasteiger partial charge on any atom is 0.258 e. The average Bonchev–Trinajstić information content (AvgIpc) is 2.69. The predicted molar refractivity (Wildman–Crippen MR) is 108 cm³/mol. The van der Waals surface area contributed by atoms with Crippen LogP contribution >= 0.6 is 0 Å². The molecule has 0 saturated carbocycles. The van der Waals surface area contributed by atoms with Gasteiger partial charge in [0.15, 0.2) is 0 Å². The van der Waals surface area contributed by atoms with Crippen LogP contribution < -0.4 is 4.90 Å². The average molecular weight is 365 g/mol. The number of anilines is 1. The highest BCUT2D eigenvalue weighted by Gasteiger charge is 2.21. The molecule has 2 amide bonds. The lowest BCUT2D eigenvalue weighted by Gasteiger charge is -2.32. The van der Waals surface area contributed by atoms with Gasteiger partial charge in [0.25, 0.3) is 11.8 Å². The Morgan fingerprint density at radius 2 is 1.59 bits per heavy atom. The van der Waals surface area contributed by atoms with Crippen LogP contribution in [-0.4, -0.2) is 61.4 Å². The van der Waals surface area contributed by atoms with Gasteiger partial charge in [0.2, 0.25) is 0 Å². The summed E-state index contributed by atoms with van der Waals surface area (Å²) < 4.78 is 0. The molecule has 0 N–H and O–H groups in total. The van der Waals surface area contributed by atoms with Crippen molar-refractivity contribution in [3.63, 3.8) is 0 Å². The summed E-state index contributed by atoms with van der Waals surface area (Å²) in [7, 11) is 2.07. The molecule has 0 unspecified atom stereocenters. The molecular weight excluding hydrogens is 338 g/mol. The van der Waals surface area contributed by atoms with Crippen molar-refractivity contribution >= 4 is 17.5 Å². The van der Waals surface area contributed by atoms with Gasteiger partial charge in [-0.25, -0.2) is 0 Å². The van der Waals surface area contributed by atoms with Crippen molar-refractivity contribution in [3.05, 3.63) is 65.2 Å². The third-order valence-electron chi connectivity index (χ3n) is 5.04. The monoisotopic (exact) mass is 365 g/mol. The first-order valence-electron chi connectivity index (χ1n) is 9.46. The Morgan fingerprint density at radius 1 is 0.963 bits per heavy atom. The van der Waals surface area contributed by atoms with Gasteiger partial charge in [-0.2, -0.15) is 0 Å². The fourth-order valence-corrected chi connectivity index (χ4v) is 3.34. The van der Waals surface area contributed by atoms with Gasteiger partial charge >= 0.3 is 0 Å². The highest BCUT2D eigenvalue weighted by atomic mass is 16.2. The topological polar surface area (TPSA) is 43.9 Å². The van der Waals surface area contributed by atoms with Crippen LogP contribution in [0.25, 0.3) is 0 Å². The summed E-state index contributed by atoms with van der Waals surface area (Å²) in [5, 5.41) is 0. The number of aryl methyl sites for hydroxylation is 1. The van der Waals surface area contributed by atoms with Gasteiger partial charge in [-0.15, -0.1) is 0 Å². The predicted octanol–water partition coefficient (Wildman–Crippen LogP) is 3.05. The first-order chi connectivity index (χ1) is 13.0. The van der Waals surface area contributed by atoms with Crippen LogP contribution in [0.4, 0.5) is 5.69 Å². The Morgan fingerprint density at radius 3 is 2.19 bits per heavy atom. The summed E-state index contributed by atoms with van der Waals surface area (Å²) in [4.78, 5) is 31.4. The Hall–Kier alpha value is -2.66. The van der Waals surface area contributed by atoms with Crippen LogP contribution in [0, 0.1) is 6.92 Å². The standard InChI is InChI=1S/C22H27N3O2/c1-4-25(20-7-5-6-17(2)16-20)22(27)19-10-8-18(9-11-19)21(26)24-14-12-23(3)13-15-24/h5-11,16H,4,12-15H2,1-3H3. The minimum atomic E-state index is -0.0540. The van der Waals surface area contributed by atoms with Crippen LogP contribution in [0.2, 0.25) is 0 Å². The normalized spacial score (nSPS) is 14.9. The maximum atomic E-state index is 12.9. The quantitative estimate of drug-likeness (QED) is 0.836. The van der Waals surface area contributed by atoms with E-state index in [-0.39, 0.29) is 11.8 Å². The van der Waals surface area contributed by atoms with Crippen LogP contribution in [0.3, 0.4) is 0 Å². The minimum absolute atomic E-state index is 0.0353. The van der Waals surface area contributed by atoms with E-state index in [1.165, 1.54) is 0 Å². The number of carbonyl (C=O) groups is 2. The van der Waals surface area contributed by atoms with Crippen LogP contribution in [-0.2, 0) is 0 Å². The lowest BCUT2D eigenvalue weighted by molar-refractivity contribution is 0.0663. The van der Waals surface area contributed by atoms with Gasteiger partial charge < -0.3 is 14.7 Å². The molecule has 3 rings (SSSR count). The van der Waals surface area contributed by atoms with Crippen molar-refractivity contribution < 1.29 is 9.59 Å². The van der Waals surface area contributed by atoms with E-state index >= 15 is 0 Å². The fourth-order valence-electron chi connectivity index (χ4n) is 3.34. The van der Waals surface area contributed by atoms with Gasteiger partial charge in [-0.05, 0) is 62.9 Å². The third kappa shape index (κ3) is 4.37. The number of piperazine rings is 1. The van der Waals surface area contributed by atoms with E-state index in [0.29, 0.717) is 17.7 Å². The molecule has 142 valence electrons. The summed E-state index contributed by atoms with van der Waals surface area (Å²) in [5.74, 6) is -0.0187. The molecule has 1 saturated heterocycles. The van der Waals surface area contributed by atoms with Crippen molar-refractivity contribution in [2.75, 3.05) is 44.7 Å². The second-order valence-corrected chi connectivity index (χ2v) is 7.06. The SMILES string of the molecule is CCN(C(=O)c1ccc(C(=O)N2CCN(C)CC2)cc1)c1cccc(C)c1. The van der Waals surface area contributed by atoms with Gasteiger partial charge in [0, 0.05) is 49.5 Å². The highest BCUT2D eigenvalue weighted by molar-refractivity contribution is 6.06. The molecule has 2 aromatic carbocycles. The van der Waals surface area contributed by atoms with E-state index in [2.05, 4.69) is 11.9 Å². The van der Waals surface area contributed by atoms with Gasteiger partial charge in [-0.3, -0.25) is 9.59 Å². The zero-order valence-corrected chi connectivity index (χ0v) is 16.3. The number of hydrogen-bond acceptors (Lipinski definition) is 3. The number of carbonyl (C=O) groups excluding carboxylic acids is 2. The molecule has 27 heavy (non-hydrogen) atoms. The van der Waals surface area contributed by atoms with Gasteiger partial charge in [0.1, 0.15) is 0 Å². The summed E-state index contributed by atoms with van der Waals surface area (Å²) in [5.41, 5.74) is 3.23. The summed E-state index contributed by atoms with van der Waals surface area (Å²) in [6.07, 6.45) is 0. The Labute approximate surface area is 161 Å². The van der Waals surface area contributed by atoms with Gasteiger partial charge in [0.05, 0.1) is 0 Å². The zero-order valence-electron chi connectivity index (χ0n) is 16.3. The van der Waals surface area contributed by atoms with E-state index in [9.17, 15) is 9.59 Å². The molecule has 1 heterocycles. The van der Waals surface area contributed by atoms with E-state index in [4.69, 9.17) is 0 Å². The van der Waals surface area contributed by atoms with Crippen LogP contribution in [0.15, 0.2) is 48.5 Å². The molecular formula is C22H27N3O2. The molecule has 0 aliphatic carbocycles. The second kappa shape index (κ2) is 8.35. The van der Waals surface area contributed by atoms with E-state index in [1.54, 1.807) is 29.2 Å². The van der Waals surface area contributed by atoms with E-state index in [0.717, 1.165) is 37.4 Å². The molecule has 0 atom stereocenters. The first-order valence-corrected chi connectivity index (χ1v) is 9.46. The summed E-state index contributed by atoms with van der Waals surface area (Å²) in [6.45, 7) is 7.84. The molecule has 5 heteroatoms. The number of likely N-dealkylation sites (N-methyl/N-ethyl adjacent to an activating group) is 1. The Bertz CT molecular complexity index is 809. The van der Waals surface area contributed by atoms with E-state index in [1.807, 2.05) is 43.0 Å². The minimum Gasteiger partial charge on any atom is -0.336 e. The van der Waals surface area contributed by atoms with Crippen molar-refractivity contribution in [3.8, 4) is 0 Å². The molecule has 0 spiro atoms. The van der Waals surface area contributed by atoms with Crippen LogP contribution in [0.1, 0.15) is 33.2 Å². The maximum absolute atomic E-state index is 12.9. The Kier molecular flexibility index (Phi) is 5.91. The molecule has 1 aliphatic rings. The molecule has 0 radical (unpaired) electrons. The largest absolute Gasteiger partial charge is 0.336 e. The lowest BCUT2D eigenvalue weighted by Crippen LogP contribution is -2.47. The first kappa shape index (κ1) is 19.1. The van der Waals surface area contributed by atoms with Crippen molar-refractivity contribution in [2.24, 2.45) is 0 Å². The number of amides is 2. The summed E-state index contributed by atoms with van der Waals surface area (Å²) >= 11 is 0. The molecule has 1 fully saturated rings. The number of hydrogen-bond donors (Lipinski definition) is 0. The molecule has 0 aromatic heterocycles. The number of benzene rings is 2. The fraction of sp³-hybridized carbons (Fsp3) is 0.364. The van der Waals surface area contributed by atoms with Crippen molar-refractivity contribution in [2.45, 2.75) is 13.8 Å². The number of rotatable bonds is 4. The zero-order chi connectivity index (χ0) is 19.4. The van der Waals surface area contributed by atoms with Gasteiger partial charge in [-0.1, -0.05) is 12.1 Å². The highest BCUT2D eigenvalue weighted by Crippen LogP contribution is 2.19.